The maximum absolute atomic E-state index is 12.5. The van der Waals surface area contributed by atoms with Crippen LogP contribution in [0.25, 0.3) is 0 Å². The number of benzene rings is 1. The lowest BCUT2D eigenvalue weighted by molar-refractivity contribution is -0.123. The highest BCUT2D eigenvalue weighted by molar-refractivity contribution is 5.86. The molecule has 122 valence electrons. The van der Waals surface area contributed by atoms with Gasteiger partial charge in [-0.3, -0.25) is 4.79 Å². The van der Waals surface area contributed by atoms with Crippen molar-refractivity contribution in [1.29, 1.82) is 0 Å². The number of hydrogen-bond acceptors (Lipinski definition) is 2. The Labute approximate surface area is 135 Å². The second-order valence-electron chi connectivity index (χ2n) is 6.58. The molecule has 1 fully saturated rings. The van der Waals surface area contributed by atoms with Gasteiger partial charge >= 0.3 is 0 Å². The van der Waals surface area contributed by atoms with Crippen molar-refractivity contribution in [2.45, 2.75) is 71.1 Å². The first-order valence-electron chi connectivity index (χ1n) is 9.00. The van der Waals surface area contributed by atoms with E-state index in [1.165, 1.54) is 37.7 Å². The molecule has 0 aromatic heterocycles. The molecule has 0 heterocycles. The lowest BCUT2D eigenvalue weighted by Gasteiger charge is -2.27. The summed E-state index contributed by atoms with van der Waals surface area (Å²) in [6.07, 6.45) is 9.09. The summed E-state index contributed by atoms with van der Waals surface area (Å²) in [4.78, 5) is 12.5. The number of hydrogen-bond donors (Lipinski definition) is 0. The number of rotatable bonds is 8. The molecule has 1 aliphatic carbocycles. The molecule has 2 rings (SSSR count). The zero-order valence-corrected chi connectivity index (χ0v) is 14.1. The van der Waals surface area contributed by atoms with E-state index in [2.05, 4.69) is 26.0 Å². The Morgan fingerprint density at radius 2 is 1.82 bits per heavy atom. The van der Waals surface area contributed by atoms with Crippen molar-refractivity contribution in [2.75, 3.05) is 6.61 Å². The fourth-order valence-corrected chi connectivity index (χ4v) is 3.39. The van der Waals surface area contributed by atoms with Gasteiger partial charge in [-0.15, -0.1) is 0 Å². The molecule has 0 spiro atoms. The molecule has 0 N–H and O–H groups in total. The van der Waals surface area contributed by atoms with Crippen LogP contribution in [0.3, 0.4) is 0 Å². The number of ether oxygens (including phenoxy) is 1. The minimum atomic E-state index is 0.114. The van der Waals surface area contributed by atoms with Crippen molar-refractivity contribution >= 4 is 5.78 Å². The van der Waals surface area contributed by atoms with E-state index >= 15 is 0 Å². The van der Waals surface area contributed by atoms with Crippen LogP contribution in [0.5, 0.6) is 5.75 Å². The van der Waals surface area contributed by atoms with Gasteiger partial charge in [0.15, 0.2) is 0 Å². The van der Waals surface area contributed by atoms with Gasteiger partial charge in [-0.05, 0) is 42.9 Å². The molecule has 2 nitrogen and oxygen atoms in total. The van der Waals surface area contributed by atoms with Crippen molar-refractivity contribution in [1.82, 2.24) is 0 Å². The predicted octanol–water partition coefficient (Wildman–Crippen LogP) is 5.51. The van der Waals surface area contributed by atoms with E-state index in [1.807, 2.05) is 12.1 Å². The van der Waals surface area contributed by atoms with Gasteiger partial charge in [-0.1, -0.05) is 51.7 Å². The SMILES string of the molecule is CCCCC[C@@H]1CC[C@@H](c2ccc(OCCC)cc2)C(=O)C1. The molecule has 0 amide bonds. The van der Waals surface area contributed by atoms with Crippen LogP contribution in [-0.4, -0.2) is 12.4 Å². The van der Waals surface area contributed by atoms with Gasteiger partial charge in [0.1, 0.15) is 11.5 Å². The number of unbranched alkanes of at least 4 members (excludes halogenated alkanes) is 2. The van der Waals surface area contributed by atoms with Crippen LogP contribution in [-0.2, 0) is 4.79 Å². The minimum absolute atomic E-state index is 0.114. The lowest BCUT2D eigenvalue weighted by Crippen LogP contribution is -2.23. The summed E-state index contributed by atoms with van der Waals surface area (Å²) in [6, 6.07) is 8.16. The van der Waals surface area contributed by atoms with Gasteiger partial charge in [0, 0.05) is 12.3 Å². The minimum Gasteiger partial charge on any atom is -0.494 e. The zero-order chi connectivity index (χ0) is 15.8. The van der Waals surface area contributed by atoms with Crippen LogP contribution in [0.15, 0.2) is 24.3 Å². The highest BCUT2D eigenvalue weighted by atomic mass is 16.5. The van der Waals surface area contributed by atoms with Crippen LogP contribution >= 0.6 is 0 Å². The Bertz CT molecular complexity index is 449. The molecule has 0 radical (unpaired) electrons. The Kier molecular flexibility index (Phi) is 6.95. The van der Waals surface area contributed by atoms with Gasteiger partial charge in [0.05, 0.1) is 6.61 Å². The first-order valence-corrected chi connectivity index (χ1v) is 9.00. The topological polar surface area (TPSA) is 26.3 Å². The summed E-state index contributed by atoms with van der Waals surface area (Å²) >= 11 is 0. The zero-order valence-electron chi connectivity index (χ0n) is 14.1. The molecule has 1 saturated carbocycles. The molecule has 2 heteroatoms. The van der Waals surface area contributed by atoms with Crippen molar-refractivity contribution in [3.63, 3.8) is 0 Å². The molecule has 22 heavy (non-hydrogen) atoms. The molecule has 0 saturated heterocycles. The summed E-state index contributed by atoms with van der Waals surface area (Å²) in [7, 11) is 0. The fraction of sp³-hybridized carbons (Fsp3) is 0.650. The Hall–Kier alpha value is -1.31. The number of carbonyl (C=O) groups excluding carboxylic acids is 1. The van der Waals surface area contributed by atoms with Gasteiger partial charge in [0.2, 0.25) is 0 Å². The van der Waals surface area contributed by atoms with Crippen molar-refractivity contribution in [3.05, 3.63) is 29.8 Å². The second-order valence-corrected chi connectivity index (χ2v) is 6.58. The number of ketones is 1. The Morgan fingerprint density at radius 1 is 1.05 bits per heavy atom. The van der Waals surface area contributed by atoms with Crippen LogP contribution in [0.1, 0.15) is 76.7 Å². The maximum atomic E-state index is 12.5. The van der Waals surface area contributed by atoms with Gasteiger partial charge < -0.3 is 4.74 Å². The second kappa shape index (κ2) is 8.97. The molecule has 1 aromatic carbocycles. The lowest BCUT2D eigenvalue weighted by atomic mass is 9.76. The monoisotopic (exact) mass is 302 g/mol. The van der Waals surface area contributed by atoms with Gasteiger partial charge in [-0.25, -0.2) is 0 Å². The predicted molar refractivity (Wildman–Crippen MR) is 91.5 cm³/mol. The van der Waals surface area contributed by atoms with Crippen LogP contribution in [0.2, 0.25) is 0 Å². The summed E-state index contributed by atoms with van der Waals surface area (Å²) in [5, 5.41) is 0. The highest BCUT2D eigenvalue weighted by Gasteiger charge is 2.29. The first kappa shape index (κ1) is 17.1. The average Bonchev–Trinajstić information content (AvgIpc) is 2.54. The van der Waals surface area contributed by atoms with E-state index in [1.54, 1.807) is 0 Å². The smallest absolute Gasteiger partial charge is 0.140 e. The standard InChI is InChI=1S/C20H30O2/c1-3-5-6-7-16-8-13-19(20(21)15-16)17-9-11-18(12-10-17)22-14-4-2/h9-12,16,19H,3-8,13-15H2,1-2H3/t16-,19+/m1/s1. The largest absolute Gasteiger partial charge is 0.494 e. The molecule has 1 aliphatic rings. The fourth-order valence-electron chi connectivity index (χ4n) is 3.39. The molecular weight excluding hydrogens is 272 g/mol. The summed E-state index contributed by atoms with van der Waals surface area (Å²) in [5.74, 6) is 2.09. The van der Waals surface area contributed by atoms with Crippen LogP contribution < -0.4 is 4.74 Å². The Balaban J connectivity index is 1.87. The quantitative estimate of drug-likeness (QED) is 0.592. The van der Waals surface area contributed by atoms with E-state index in [0.717, 1.165) is 31.6 Å². The van der Waals surface area contributed by atoms with Gasteiger partial charge in [-0.2, -0.15) is 0 Å². The van der Waals surface area contributed by atoms with Crippen molar-refractivity contribution in [2.24, 2.45) is 5.92 Å². The summed E-state index contributed by atoms with van der Waals surface area (Å²) in [5.41, 5.74) is 1.17. The normalized spacial score (nSPS) is 21.8. The van der Waals surface area contributed by atoms with E-state index in [-0.39, 0.29) is 5.92 Å². The number of carbonyl (C=O) groups is 1. The highest BCUT2D eigenvalue weighted by Crippen LogP contribution is 2.35. The third-order valence-corrected chi connectivity index (χ3v) is 4.71. The number of Topliss-reactive ketones (excluding diaryl/α,β-unsaturated/α-hetero) is 1. The molecule has 0 bridgehead atoms. The van der Waals surface area contributed by atoms with E-state index in [4.69, 9.17) is 4.74 Å². The molecule has 0 unspecified atom stereocenters. The third kappa shape index (κ3) is 4.86. The van der Waals surface area contributed by atoms with E-state index < -0.39 is 0 Å². The summed E-state index contributed by atoms with van der Waals surface area (Å²) in [6.45, 7) is 5.09. The third-order valence-electron chi connectivity index (χ3n) is 4.71. The molecule has 0 aliphatic heterocycles. The maximum Gasteiger partial charge on any atom is 0.140 e. The van der Waals surface area contributed by atoms with E-state index in [0.29, 0.717) is 11.7 Å². The molecule has 1 aromatic rings. The van der Waals surface area contributed by atoms with Crippen LogP contribution in [0.4, 0.5) is 0 Å². The van der Waals surface area contributed by atoms with Gasteiger partial charge in [0.25, 0.3) is 0 Å². The average molecular weight is 302 g/mol. The summed E-state index contributed by atoms with van der Waals surface area (Å²) < 4.78 is 5.61. The van der Waals surface area contributed by atoms with E-state index in [9.17, 15) is 4.79 Å². The van der Waals surface area contributed by atoms with Crippen LogP contribution in [0, 0.1) is 5.92 Å². The molecular formula is C20H30O2. The van der Waals surface area contributed by atoms with Crippen molar-refractivity contribution in [3.8, 4) is 5.75 Å². The van der Waals surface area contributed by atoms with Crippen molar-refractivity contribution < 1.29 is 9.53 Å². The molecule has 2 atom stereocenters. The first-order chi connectivity index (χ1) is 10.7. The Morgan fingerprint density at radius 3 is 2.45 bits per heavy atom.